The number of amides is 2. The molecule has 2 aromatic rings. The molecule has 2 N–H and O–H groups in total. The second-order valence-corrected chi connectivity index (χ2v) is 9.76. The fourth-order valence-corrected chi connectivity index (χ4v) is 6.41. The third-order valence-corrected chi connectivity index (χ3v) is 7.78. The number of rotatable bonds is 3. The van der Waals surface area contributed by atoms with Gasteiger partial charge in [-0.3, -0.25) is 9.59 Å². The summed E-state index contributed by atoms with van der Waals surface area (Å²) in [6, 6.07) is 12.0. The summed E-state index contributed by atoms with van der Waals surface area (Å²) in [5.41, 5.74) is 2.47. The number of nitrogens with one attached hydrogen (secondary N) is 1. The van der Waals surface area contributed by atoms with E-state index in [2.05, 4.69) is 5.32 Å². The fourth-order valence-electron chi connectivity index (χ4n) is 3.65. The highest BCUT2D eigenvalue weighted by Gasteiger charge is 2.42. The Kier molecular flexibility index (Phi) is 5.15. The SMILES string of the molecule is O=C1NC(Cc2ccc(N3N(I)C(=O)CS3(=O)=O)c(O)c2)CCc2ccccc21. The number of aromatic hydroxyl groups is 1. The largest absolute Gasteiger partial charge is 0.506 e. The van der Waals surface area contributed by atoms with Crippen LogP contribution < -0.4 is 9.73 Å². The van der Waals surface area contributed by atoms with Crippen LogP contribution in [0.3, 0.4) is 0 Å². The lowest BCUT2D eigenvalue weighted by atomic mass is 9.99. The van der Waals surface area contributed by atoms with Crippen molar-refractivity contribution in [1.82, 2.24) is 8.54 Å². The Bertz CT molecular complexity index is 1100. The number of hydrazine groups is 1. The molecule has 0 bridgehead atoms. The van der Waals surface area contributed by atoms with Crippen molar-refractivity contribution in [2.45, 2.75) is 25.3 Å². The molecule has 1 unspecified atom stereocenters. The molecule has 2 amide bonds. The van der Waals surface area contributed by atoms with Crippen LogP contribution >= 0.6 is 22.9 Å². The van der Waals surface area contributed by atoms with E-state index in [1.807, 2.05) is 18.2 Å². The average molecular weight is 527 g/mol. The Morgan fingerprint density at radius 1 is 1.17 bits per heavy atom. The van der Waals surface area contributed by atoms with Crippen molar-refractivity contribution in [2.75, 3.05) is 10.2 Å². The molecular formula is C19H18IN3O5S. The van der Waals surface area contributed by atoms with Gasteiger partial charge in [0, 0.05) is 11.6 Å². The lowest BCUT2D eigenvalue weighted by Crippen LogP contribution is -2.35. The summed E-state index contributed by atoms with van der Waals surface area (Å²) in [5.74, 6) is -1.57. The summed E-state index contributed by atoms with van der Waals surface area (Å²) in [7, 11) is -3.86. The number of benzene rings is 2. The van der Waals surface area contributed by atoms with Gasteiger partial charge in [0.1, 0.15) is 11.4 Å². The van der Waals surface area contributed by atoms with Gasteiger partial charge in [-0.15, -0.1) is 0 Å². The van der Waals surface area contributed by atoms with Crippen LogP contribution in [0, 0.1) is 0 Å². The van der Waals surface area contributed by atoms with Crippen LogP contribution in [0.5, 0.6) is 5.75 Å². The third-order valence-electron chi connectivity index (χ3n) is 5.02. The number of nitrogens with zero attached hydrogens (tertiary/aromatic N) is 2. The van der Waals surface area contributed by atoms with Crippen LogP contribution in [0.1, 0.15) is 27.9 Å². The first kappa shape index (κ1) is 20.0. The quantitative estimate of drug-likeness (QED) is 0.469. The first-order chi connectivity index (χ1) is 13.8. The van der Waals surface area contributed by atoms with E-state index in [0.29, 0.717) is 12.0 Å². The summed E-state index contributed by atoms with van der Waals surface area (Å²) in [5, 5.41) is 13.5. The standard InChI is InChI=1S/C19H18IN3O5S/c20-22-18(25)11-29(27,28)23(22)16-8-5-12(10-17(16)24)9-14-7-6-13-3-1-2-4-15(13)19(26)21-14/h1-5,8,10,14,24H,6-7,9,11H2,(H,21,26). The number of carbonyl (C=O) groups is 2. The number of hydrogen-bond acceptors (Lipinski definition) is 5. The van der Waals surface area contributed by atoms with Crippen LogP contribution in [-0.4, -0.2) is 40.4 Å². The molecule has 2 heterocycles. The first-order valence-corrected chi connectivity index (χ1v) is 11.6. The summed E-state index contributed by atoms with van der Waals surface area (Å²) < 4.78 is 26.2. The predicted octanol–water partition coefficient (Wildman–Crippen LogP) is 1.92. The summed E-state index contributed by atoms with van der Waals surface area (Å²) in [6.07, 6.45) is 2.01. The van der Waals surface area contributed by atoms with Gasteiger partial charge >= 0.3 is 0 Å². The summed E-state index contributed by atoms with van der Waals surface area (Å²) in [6.45, 7) is 0. The van der Waals surface area contributed by atoms with Crippen molar-refractivity contribution >= 4 is 50.4 Å². The normalized spacial score (nSPS) is 20.9. The zero-order valence-corrected chi connectivity index (χ0v) is 18.2. The second kappa shape index (κ2) is 7.48. The summed E-state index contributed by atoms with van der Waals surface area (Å²) >= 11 is 1.60. The topological polar surface area (TPSA) is 107 Å². The maximum absolute atomic E-state index is 12.5. The molecule has 152 valence electrons. The Morgan fingerprint density at radius 3 is 2.62 bits per heavy atom. The van der Waals surface area contributed by atoms with Crippen molar-refractivity contribution in [1.29, 1.82) is 0 Å². The molecule has 10 heteroatoms. The number of phenolic OH excluding ortho intramolecular Hbond substituents is 1. The van der Waals surface area contributed by atoms with Gasteiger partial charge in [0.05, 0.1) is 22.9 Å². The van der Waals surface area contributed by atoms with Gasteiger partial charge in [-0.05, 0) is 48.6 Å². The molecular weight excluding hydrogens is 509 g/mol. The van der Waals surface area contributed by atoms with Crippen LogP contribution in [0.25, 0.3) is 0 Å². The molecule has 2 aliphatic rings. The smallest absolute Gasteiger partial charge is 0.268 e. The van der Waals surface area contributed by atoms with Gasteiger partial charge in [0.25, 0.3) is 21.8 Å². The van der Waals surface area contributed by atoms with E-state index in [4.69, 9.17) is 0 Å². The van der Waals surface area contributed by atoms with Gasteiger partial charge < -0.3 is 10.4 Å². The maximum atomic E-state index is 12.5. The highest BCUT2D eigenvalue weighted by Crippen LogP contribution is 2.36. The van der Waals surface area contributed by atoms with Crippen molar-refractivity contribution < 1.29 is 23.1 Å². The third kappa shape index (κ3) is 3.78. The lowest BCUT2D eigenvalue weighted by Gasteiger charge is -2.23. The number of hydrogen-bond donors (Lipinski definition) is 2. The number of sulfonamides is 1. The van der Waals surface area contributed by atoms with Crippen LogP contribution in [0.4, 0.5) is 5.69 Å². The van der Waals surface area contributed by atoms with E-state index in [-0.39, 0.29) is 23.4 Å². The average Bonchev–Trinajstić information content (AvgIpc) is 2.78. The van der Waals surface area contributed by atoms with Crippen molar-refractivity contribution in [3.8, 4) is 5.75 Å². The molecule has 1 atom stereocenters. The van der Waals surface area contributed by atoms with Gasteiger partial charge in [-0.25, -0.2) is 8.42 Å². The Morgan fingerprint density at radius 2 is 1.93 bits per heavy atom. The minimum absolute atomic E-state index is 0.0197. The molecule has 29 heavy (non-hydrogen) atoms. The maximum Gasteiger partial charge on any atom is 0.268 e. The van der Waals surface area contributed by atoms with Crippen LogP contribution in [-0.2, 0) is 27.7 Å². The highest BCUT2D eigenvalue weighted by molar-refractivity contribution is 14.1. The molecule has 2 aliphatic heterocycles. The number of carbonyl (C=O) groups excluding carboxylic acids is 2. The molecule has 0 saturated carbocycles. The molecule has 8 nitrogen and oxygen atoms in total. The van der Waals surface area contributed by atoms with E-state index in [0.717, 1.165) is 31.6 Å². The minimum Gasteiger partial charge on any atom is -0.506 e. The molecule has 0 aliphatic carbocycles. The van der Waals surface area contributed by atoms with Crippen molar-refractivity contribution in [3.05, 3.63) is 59.2 Å². The lowest BCUT2D eigenvalue weighted by molar-refractivity contribution is -0.121. The molecule has 0 radical (unpaired) electrons. The zero-order valence-electron chi connectivity index (χ0n) is 15.2. The Labute approximate surface area is 182 Å². The predicted molar refractivity (Wildman–Crippen MR) is 115 cm³/mol. The molecule has 4 rings (SSSR count). The van der Waals surface area contributed by atoms with Crippen LogP contribution in [0.2, 0.25) is 0 Å². The molecule has 2 aromatic carbocycles. The van der Waals surface area contributed by atoms with E-state index in [1.54, 1.807) is 35.0 Å². The van der Waals surface area contributed by atoms with Gasteiger partial charge in [-0.2, -0.15) is 7.64 Å². The molecule has 1 saturated heterocycles. The first-order valence-electron chi connectivity index (χ1n) is 8.98. The monoisotopic (exact) mass is 527 g/mol. The second-order valence-electron chi connectivity index (χ2n) is 7.05. The fraction of sp³-hybridized carbons (Fsp3) is 0.263. The molecule has 1 fully saturated rings. The highest BCUT2D eigenvalue weighted by atomic mass is 127. The van der Waals surface area contributed by atoms with E-state index >= 15 is 0 Å². The number of anilines is 1. The molecule has 0 spiro atoms. The number of phenols is 1. The molecule has 0 aromatic heterocycles. The van der Waals surface area contributed by atoms with Crippen molar-refractivity contribution in [3.63, 3.8) is 0 Å². The van der Waals surface area contributed by atoms with E-state index < -0.39 is 21.7 Å². The number of aryl methyl sites for hydroxylation is 1. The van der Waals surface area contributed by atoms with E-state index in [1.165, 1.54) is 12.1 Å². The van der Waals surface area contributed by atoms with Gasteiger partial charge in [0.15, 0.2) is 5.75 Å². The van der Waals surface area contributed by atoms with Gasteiger partial charge in [0.2, 0.25) is 0 Å². The number of fused-ring (bicyclic) bond motifs is 1. The summed E-state index contributed by atoms with van der Waals surface area (Å²) in [4.78, 5) is 24.2. The Balaban J connectivity index is 1.54. The zero-order chi connectivity index (χ0) is 20.8. The minimum atomic E-state index is -3.86. The number of halogens is 1. The van der Waals surface area contributed by atoms with Gasteiger partial charge in [-0.1, -0.05) is 24.3 Å². The Hall–Kier alpha value is -2.34. The van der Waals surface area contributed by atoms with Crippen LogP contribution in [0.15, 0.2) is 42.5 Å². The van der Waals surface area contributed by atoms with Crippen molar-refractivity contribution in [2.24, 2.45) is 0 Å². The van der Waals surface area contributed by atoms with E-state index in [9.17, 15) is 23.1 Å².